The zero-order valence-corrected chi connectivity index (χ0v) is 16.2. The maximum atomic E-state index is 4.77. The van der Waals surface area contributed by atoms with Crippen LogP contribution in [-0.2, 0) is 6.54 Å². The molecule has 1 aliphatic rings. The number of anilines is 1. The summed E-state index contributed by atoms with van der Waals surface area (Å²) in [4.78, 5) is 13.6. The number of benzene rings is 1. The van der Waals surface area contributed by atoms with Gasteiger partial charge in [-0.05, 0) is 45.2 Å². The van der Waals surface area contributed by atoms with Gasteiger partial charge >= 0.3 is 0 Å². The Morgan fingerprint density at radius 3 is 2.41 bits per heavy atom. The summed E-state index contributed by atoms with van der Waals surface area (Å²) in [5, 5.41) is 8.83. The fourth-order valence-corrected chi connectivity index (χ4v) is 3.34. The Kier molecular flexibility index (Phi) is 4.89. The van der Waals surface area contributed by atoms with E-state index in [0.29, 0.717) is 6.54 Å². The first-order chi connectivity index (χ1) is 13.1. The molecule has 1 saturated heterocycles. The largest absolute Gasteiger partial charge is 0.369 e. The monoisotopic (exact) mass is 366 g/mol. The van der Waals surface area contributed by atoms with E-state index in [1.807, 2.05) is 4.68 Å². The van der Waals surface area contributed by atoms with Crippen LogP contribution in [0.1, 0.15) is 25.7 Å². The van der Waals surface area contributed by atoms with Gasteiger partial charge in [0.15, 0.2) is 11.6 Å². The molecule has 0 bridgehead atoms. The van der Waals surface area contributed by atoms with Crippen LogP contribution in [0.3, 0.4) is 0 Å². The van der Waals surface area contributed by atoms with Crippen molar-refractivity contribution in [1.29, 1.82) is 0 Å². The van der Waals surface area contributed by atoms with Gasteiger partial charge in [-0.3, -0.25) is 0 Å². The van der Waals surface area contributed by atoms with Crippen molar-refractivity contribution in [2.45, 2.75) is 26.4 Å². The smallest absolute Gasteiger partial charge is 0.172 e. The van der Waals surface area contributed by atoms with Crippen molar-refractivity contribution in [3.8, 4) is 11.4 Å². The van der Waals surface area contributed by atoms with Gasteiger partial charge in [0.05, 0.1) is 0 Å². The lowest BCUT2D eigenvalue weighted by Gasteiger charge is -2.34. The molecule has 0 unspecified atom stereocenters. The summed E-state index contributed by atoms with van der Waals surface area (Å²) < 4.78 is 3.72. The van der Waals surface area contributed by atoms with Crippen LogP contribution >= 0.6 is 0 Å². The van der Waals surface area contributed by atoms with Crippen LogP contribution in [0.2, 0.25) is 0 Å². The quantitative estimate of drug-likeness (QED) is 0.687. The molecule has 0 aliphatic carbocycles. The SMILES string of the molecule is CC(C)n1nc(Cn2cncn2)nc1-c1ccc(N2CCN(C)CC2)cc1. The summed E-state index contributed by atoms with van der Waals surface area (Å²) >= 11 is 0. The third-order valence-electron chi connectivity index (χ3n) is 4.93. The van der Waals surface area contributed by atoms with Crippen LogP contribution in [0.5, 0.6) is 0 Å². The summed E-state index contributed by atoms with van der Waals surface area (Å²) in [5.74, 6) is 1.64. The van der Waals surface area contributed by atoms with Gasteiger partial charge in [-0.2, -0.15) is 10.2 Å². The molecule has 1 aliphatic heterocycles. The molecule has 142 valence electrons. The molecule has 1 aromatic carbocycles. The fraction of sp³-hybridized carbons (Fsp3) is 0.474. The zero-order chi connectivity index (χ0) is 18.8. The second-order valence-corrected chi connectivity index (χ2v) is 7.32. The predicted octanol–water partition coefficient (Wildman–Crippen LogP) is 1.92. The van der Waals surface area contributed by atoms with Crippen LogP contribution in [0.15, 0.2) is 36.9 Å². The van der Waals surface area contributed by atoms with Crippen LogP contribution in [-0.4, -0.2) is 67.7 Å². The Labute approximate surface area is 159 Å². The highest BCUT2D eigenvalue weighted by Gasteiger charge is 2.17. The summed E-state index contributed by atoms with van der Waals surface area (Å²) in [6, 6.07) is 8.91. The maximum Gasteiger partial charge on any atom is 0.172 e. The van der Waals surface area contributed by atoms with Gasteiger partial charge in [0, 0.05) is 43.5 Å². The molecule has 1 fully saturated rings. The lowest BCUT2D eigenvalue weighted by molar-refractivity contribution is 0.313. The predicted molar refractivity (Wildman–Crippen MR) is 105 cm³/mol. The van der Waals surface area contributed by atoms with Gasteiger partial charge in [-0.15, -0.1) is 0 Å². The second-order valence-electron chi connectivity index (χ2n) is 7.32. The topological polar surface area (TPSA) is 67.9 Å². The van der Waals surface area contributed by atoms with E-state index >= 15 is 0 Å². The average Bonchev–Trinajstić information content (AvgIpc) is 3.33. The van der Waals surface area contributed by atoms with Gasteiger partial charge in [0.2, 0.25) is 0 Å². The van der Waals surface area contributed by atoms with Gasteiger partial charge in [-0.1, -0.05) is 0 Å². The molecule has 2 aromatic heterocycles. The fourth-order valence-electron chi connectivity index (χ4n) is 3.34. The minimum absolute atomic E-state index is 0.231. The Morgan fingerprint density at radius 2 is 1.78 bits per heavy atom. The Hall–Kier alpha value is -2.74. The molecule has 4 rings (SSSR count). The van der Waals surface area contributed by atoms with Crippen molar-refractivity contribution >= 4 is 5.69 Å². The lowest BCUT2D eigenvalue weighted by atomic mass is 10.1. The van der Waals surface area contributed by atoms with E-state index in [1.165, 1.54) is 12.0 Å². The number of hydrogen-bond acceptors (Lipinski definition) is 6. The Bertz CT molecular complexity index is 858. The van der Waals surface area contributed by atoms with E-state index < -0.39 is 0 Å². The normalized spacial score (nSPS) is 15.6. The van der Waals surface area contributed by atoms with Crippen molar-refractivity contribution in [1.82, 2.24) is 34.4 Å². The molecule has 0 amide bonds. The summed E-state index contributed by atoms with van der Waals surface area (Å²) in [7, 11) is 2.18. The zero-order valence-electron chi connectivity index (χ0n) is 16.2. The van der Waals surface area contributed by atoms with E-state index in [1.54, 1.807) is 11.0 Å². The van der Waals surface area contributed by atoms with E-state index in [4.69, 9.17) is 4.98 Å². The van der Waals surface area contributed by atoms with Gasteiger partial charge in [0.1, 0.15) is 19.2 Å². The molecule has 0 saturated carbocycles. The lowest BCUT2D eigenvalue weighted by Crippen LogP contribution is -2.44. The first kappa shape index (κ1) is 17.7. The van der Waals surface area contributed by atoms with E-state index in [9.17, 15) is 0 Å². The minimum atomic E-state index is 0.231. The molecule has 3 heterocycles. The Morgan fingerprint density at radius 1 is 1.04 bits per heavy atom. The van der Waals surface area contributed by atoms with Gasteiger partial charge < -0.3 is 9.80 Å². The highest BCUT2D eigenvalue weighted by Crippen LogP contribution is 2.25. The van der Waals surface area contributed by atoms with E-state index in [2.05, 4.69) is 70.1 Å². The average molecular weight is 366 g/mol. The van der Waals surface area contributed by atoms with Crippen LogP contribution in [0.4, 0.5) is 5.69 Å². The maximum absolute atomic E-state index is 4.77. The van der Waals surface area contributed by atoms with Crippen molar-refractivity contribution in [3.63, 3.8) is 0 Å². The molecule has 0 N–H and O–H groups in total. The van der Waals surface area contributed by atoms with Crippen LogP contribution in [0.25, 0.3) is 11.4 Å². The molecule has 8 heteroatoms. The Balaban J connectivity index is 1.57. The van der Waals surface area contributed by atoms with Gasteiger partial charge in [-0.25, -0.2) is 19.3 Å². The van der Waals surface area contributed by atoms with Crippen molar-refractivity contribution < 1.29 is 0 Å². The van der Waals surface area contributed by atoms with Crippen molar-refractivity contribution in [2.24, 2.45) is 0 Å². The first-order valence-corrected chi connectivity index (χ1v) is 9.42. The number of likely N-dealkylation sites (N-methyl/N-ethyl adjacent to an activating group) is 1. The van der Waals surface area contributed by atoms with E-state index in [0.717, 1.165) is 43.4 Å². The van der Waals surface area contributed by atoms with Crippen LogP contribution in [0, 0.1) is 0 Å². The summed E-state index contributed by atoms with van der Waals surface area (Å²) in [5.41, 5.74) is 2.35. The molecule has 3 aromatic rings. The third kappa shape index (κ3) is 3.85. The standard InChI is InChI=1S/C19H26N8/c1-15(2)27-19(22-18(23-27)12-26-14-20-13-21-26)16-4-6-17(7-5-16)25-10-8-24(3)9-11-25/h4-7,13-15H,8-12H2,1-3H3. The number of rotatable bonds is 5. The number of nitrogens with zero attached hydrogens (tertiary/aromatic N) is 8. The third-order valence-corrected chi connectivity index (χ3v) is 4.93. The molecule has 8 nitrogen and oxygen atoms in total. The van der Waals surface area contributed by atoms with Gasteiger partial charge in [0.25, 0.3) is 0 Å². The highest BCUT2D eigenvalue weighted by atomic mass is 15.4. The van der Waals surface area contributed by atoms with Crippen molar-refractivity contribution in [2.75, 3.05) is 38.1 Å². The molecule has 0 radical (unpaired) electrons. The second kappa shape index (κ2) is 7.48. The number of aromatic nitrogens is 6. The minimum Gasteiger partial charge on any atom is -0.369 e. The summed E-state index contributed by atoms with van der Waals surface area (Å²) in [6.45, 7) is 9.11. The van der Waals surface area contributed by atoms with Crippen LogP contribution < -0.4 is 4.90 Å². The highest BCUT2D eigenvalue weighted by molar-refractivity contribution is 5.61. The number of piperazine rings is 1. The number of hydrogen-bond donors (Lipinski definition) is 0. The summed E-state index contributed by atoms with van der Waals surface area (Å²) in [6.07, 6.45) is 3.21. The molecular weight excluding hydrogens is 340 g/mol. The van der Waals surface area contributed by atoms with E-state index in [-0.39, 0.29) is 6.04 Å². The molecule has 0 atom stereocenters. The molecule has 0 spiro atoms. The molecular formula is C19H26N8. The van der Waals surface area contributed by atoms with Crippen molar-refractivity contribution in [3.05, 3.63) is 42.7 Å². The molecule has 27 heavy (non-hydrogen) atoms. The first-order valence-electron chi connectivity index (χ1n) is 9.42.